The van der Waals surface area contributed by atoms with E-state index in [1.165, 1.54) is 5.56 Å². The van der Waals surface area contributed by atoms with Crippen molar-refractivity contribution in [1.82, 2.24) is 4.37 Å². The van der Waals surface area contributed by atoms with Crippen LogP contribution in [-0.4, -0.2) is 16.8 Å². The fourth-order valence-corrected chi connectivity index (χ4v) is 4.12. The van der Waals surface area contributed by atoms with E-state index in [1.807, 2.05) is 43.3 Å². The Balaban J connectivity index is 1.66. The molecule has 3 aromatic rings. The maximum Gasteiger partial charge on any atom is 0.230 e. The Bertz CT molecular complexity index is 1220. The summed E-state index contributed by atoms with van der Waals surface area (Å²) < 4.78 is 4.19. The molecule has 1 heterocycles. The van der Waals surface area contributed by atoms with Crippen molar-refractivity contribution >= 4 is 39.5 Å². The maximum atomic E-state index is 12.8. The predicted molar refractivity (Wildman–Crippen MR) is 131 cm³/mol. The normalized spacial score (nSPS) is 14.1. The second-order valence-corrected chi connectivity index (χ2v) is 9.23. The molecular formula is C25H26N6OS. The molecule has 1 N–H and O–H groups in total. The van der Waals surface area contributed by atoms with Crippen molar-refractivity contribution in [3.8, 4) is 6.07 Å². The van der Waals surface area contributed by atoms with Crippen molar-refractivity contribution in [2.24, 2.45) is 15.6 Å². The van der Waals surface area contributed by atoms with Gasteiger partial charge in [-0.2, -0.15) is 9.64 Å². The first kappa shape index (κ1) is 22.6. The smallest absolute Gasteiger partial charge is 0.230 e. The minimum absolute atomic E-state index is 0.00597. The highest BCUT2D eigenvalue weighted by atomic mass is 32.1. The lowest BCUT2D eigenvalue weighted by Gasteiger charge is -2.24. The summed E-state index contributed by atoms with van der Waals surface area (Å²) in [6.07, 6.45) is 1.77. The van der Waals surface area contributed by atoms with E-state index in [0.717, 1.165) is 43.2 Å². The van der Waals surface area contributed by atoms with Crippen LogP contribution in [0.5, 0.6) is 0 Å². The SMILES string of the molecule is CCN(Cc1ccccc1)c1ccc(N=Nc2snc(C)c2C#N)c(NC(=O)C2(C)CC2)c1. The minimum Gasteiger partial charge on any atom is -0.367 e. The molecule has 7 nitrogen and oxygen atoms in total. The molecular weight excluding hydrogens is 432 g/mol. The fraction of sp³-hybridized carbons (Fsp3) is 0.320. The highest BCUT2D eigenvalue weighted by Crippen LogP contribution is 2.46. The van der Waals surface area contributed by atoms with Gasteiger partial charge in [0.1, 0.15) is 17.3 Å². The Labute approximate surface area is 198 Å². The molecule has 33 heavy (non-hydrogen) atoms. The van der Waals surface area contributed by atoms with E-state index >= 15 is 0 Å². The van der Waals surface area contributed by atoms with Crippen LogP contribution in [-0.2, 0) is 11.3 Å². The molecule has 2 aromatic carbocycles. The number of nitrogens with one attached hydrogen (secondary N) is 1. The van der Waals surface area contributed by atoms with Crippen LogP contribution >= 0.6 is 11.5 Å². The molecule has 1 aliphatic rings. The van der Waals surface area contributed by atoms with Gasteiger partial charge in [-0.25, -0.2) is 0 Å². The van der Waals surface area contributed by atoms with E-state index in [0.29, 0.717) is 27.6 Å². The van der Waals surface area contributed by atoms with Crippen LogP contribution in [0.1, 0.15) is 43.5 Å². The summed E-state index contributed by atoms with van der Waals surface area (Å²) in [5.41, 5.74) is 4.11. The number of benzene rings is 2. The molecule has 4 rings (SSSR count). The van der Waals surface area contributed by atoms with Gasteiger partial charge in [-0.1, -0.05) is 37.3 Å². The van der Waals surface area contributed by atoms with E-state index in [-0.39, 0.29) is 11.3 Å². The number of nitrogens with zero attached hydrogens (tertiary/aromatic N) is 5. The zero-order valence-corrected chi connectivity index (χ0v) is 19.8. The largest absolute Gasteiger partial charge is 0.367 e. The van der Waals surface area contributed by atoms with E-state index < -0.39 is 0 Å². The number of nitriles is 1. The average Bonchev–Trinajstić information content (AvgIpc) is 3.49. The number of aromatic nitrogens is 1. The number of hydrogen-bond donors (Lipinski definition) is 1. The van der Waals surface area contributed by atoms with Crippen LogP contribution in [0.15, 0.2) is 58.8 Å². The van der Waals surface area contributed by atoms with Crippen molar-refractivity contribution in [3.05, 3.63) is 65.4 Å². The number of carbonyl (C=O) groups is 1. The highest BCUT2D eigenvalue weighted by Gasteiger charge is 2.45. The zero-order chi connectivity index (χ0) is 23.4. The topological polar surface area (TPSA) is 93.7 Å². The Kier molecular flexibility index (Phi) is 6.52. The van der Waals surface area contributed by atoms with Crippen LogP contribution < -0.4 is 10.2 Å². The second kappa shape index (κ2) is 9.51. The molecule has 0 spiro atoms. The Hall–Kier alpha value is -3.57. The monoisotopic (exact) mass is 458 g/mol. The van der Waals surface area contributed by atoms with Crippen LogP contribution in [0, 0.1) is 23.7 Å². The van der Waals surface area contributed by atoms with Crippen molar-refractivity contribution in [2.45, 2.75) is 40.2 Å². The summed E-state index contributed by atoms with van der Waals surface area (Å²) in [6, 6.07) is 18.2. The molecule has 1 amide bonds. The van der Waals surface area contributed by atoms with E-state index in [1.54, 1.807) is 6.92 Å². The summed E-state index contributed by atoms with van der Waals surface area (Å²) in [5.74, 6) is -0.00597. The lowest BCUT2D eigenvalue weighted by molar-refractivity contribution is -0.120. The number of amides is 1. The summed E-state index contributed by atoms with van der Waals surface area (Å²) >= 11 is 1.14. The molecule has 0 aliphatic heterocycles. The highest BCUT2D eigenvalue weighted by molar-refractivity contribution is 7.10. The van der Waals surface area contributed by atoms with Crippen LogP contribution in [0.4, 0.5) is 22.1 Å². The number of carbonyl (C=O) groups excluding carboxylic acids is 1. The van der Waals surface area contributed by atoms with Crippen molar-refractivity contribution in [1.29, 1.82) is 5.26 Å². The van der Waals surface area contributed by atoms with Gasteiger partial charge in [0.2, 0.25) is 5.91 Å². The van der Waals surface area contributed by atoms with Gasteiger partial charge >= 0.3 is 0 Å². The standard InChI is InChI=1S/C25H26N6OS/c1-4-31(16-18-8-6-5-7-9-18)19-10-11-21(22(14-19)27-24(32)25(3)12-13-25)28-29-23-20(15-26)17(2)30-33-23/h5-11,14H,4,12-13,16H2,1-3H3,(H,27,32). The van der Waals surface area contributed by atoms with Gasteiger partial charge in [0.25, 0.3) is 0 Å². The number of aryl methyl sites for hydroxylation is 1. The molecule has 0 atom stereocenters. The third kappa shape index (κ3) is 5.10. The number of azo groups is 1. The Morgan fingerprint density at radius 1 is 1.24 bits per heavy atom. The van der Waals surface area contributed by atoms with Crippen LogP contribution in [0.3, 0.4) is 0 Å². The van der Waals surface area contributed by atoms with Crippen LogP contribution in [0.2, 0.25) is 0 Å². The van der Waals surface area contributed by atoms with Gasteiger partial charge in [0.05, 0.1) is 11.4 Å². The molecule has 0 saturated heterocycles. The van der Waals surface area contributed by atoms with Crippen molar-refractivity contribution < 1.29 is 4.79 Å². The Morgan fingerprint density at radius 3 is 2.67 bits per heavy atom. The lowest BCUT2D eigenvalue weighted by atomic mass is 10.1. The van der Waals surface area contributed by atoms with Crippen molar-refractivity contribution in [3.63, 3.8) is 0 Å². The average molecular weight is 459 g/mol. The number of rotatable bonds is 8. The number of hydrogen-bond acceptors (Lipinski definition) is 7. The summed E-state index contributed by atoms with van der Waals surface area (Å²) in [6.45, 7) is 7.43. The third-order valence-corrected chi connectivity index (χ3v) is 6.77. The minimum atomic E-state index is -0.318. The van der Waals surface area contributed by atoms with E-state index in [2.05, 4.69) is 49.9 Å². The molecule has 1 aliphatic carbocycles. The molecule has 0 bridgehead atoms. The molecule has 1 saturated carbocycles. The predicted octanol–water partition coefficient (Wildman–Crippen LogP) is 6.50. The molecule has 0 radical (unpaired) electrons. The summed E-state index contributed by atoms with van der Waals surface area (Å²) in [5, 5.41) is 21.5. The van der Waals surface area contributed by atoms with Gasteiger partial charge in [0.15, 0.2) is 5.00 Å². The molecule has 0 unspecified atom stereocenters. The maximum absolute atomic E-state index is 12.8. The van der Waals surface area contributed by atoms with Gasteiger partial charge < -0.3 is 10.2 Å². The molecule has 1 aromatic heterocycles. The lowest BCUT2D eigenvalue weighted by Crippen LogP contribution is -2.23. The van der Waals surface area contributed by atoms with E-state index in [4.69, 9.17) is 0 Å². The van der Waals surface area contributed by atoms with Gasteiger partial charge in [-0.3, -0.25) is 4.79 Å². The fourth-order valence-electron chi connectivity index (χ4n) is 3.44. The first-order chi connectivity index (χ1) is 15.9. The summed E-state index contributed by atoms with van der Waals surface area (Å²) in [7, 11) is 0. The zero-order valence-electron chi connectivity index (χ0n) is 19.0. The number of anilines is 2. The van der Waals surface area contributed by atoms with Gasteiger partial charge in [-0.05, 0) is 62.0 Å². The quantitative estimate of drug-likeness (QED) is 0.390. The van der Waals surface area contributed by atoms with Gasteiger partial charge in [0, 0.05) is 24.2 Å². The Morgan fingerprint density at radius 2 is 2.00 bits per heavy atom. The molecule has 1 fully saturated rings. The first-order valence-corrected chi connectivity index (χ1v) is 11.7. The molecule has 8 heteroatoms. The van der Waals surface area contributed by atoms with Crippen LogP contribution in [0.25, 0.3) is 0 Å². The third-order valence-electron chi connectivity index (χ3n) is 5.94. The first-order valence-electron chi connectivity index (χ1n) is 11.0. The molecule has 168 valence electrons. The second-order valence-electron chi connectivity index (χ2n) is 8.48. The van der Waals surface area contributed by atoms with E-state index in [9.17, 15) is 10.1 Å². The summed E-state index contributed by atoms with van der Waals surface area (Å²) in [4.78, 5) is 15.1. The van der Waals surface area contributed by atoms with Gasteiger partial charge in [-0.15, -0.1) is 10.2 Å². The van der Waals surface area contributed by atoms with Crippen molar-refractivity contribution in [2.75, 3.05) is 16.8 Å².